The second-order valence-electron chi connectivity index (χ2n) is 3.52. The van der Waals surface area contributed by atoms with Crippen molar-refractivity contribution in [2.75, 3.05) is 0 Å². The highest BCUT2D eigenvalue weighted by Gasteiger charge is 2.11. The molecule has 0 aliphatic rings. The minimum absolute atomic E-state index is 0.310. The Morgan fingerprint density at radius 2 is 2.19 bits per heavy atom. The van der Waals surface area contributed by atoms with Crippen LogP contribution in [0.1, 0.15) is 5.56 Å². The number of aryl methyl sites for hydroxylation is 1. The summed E-state index contributed by atoms with van der Waals surface area (Å²) in [6.07, 6.45) is 1.47. The molecule has 2 aromatic heterocycles. The minimum Gasteiger partial charge on any atom is -0.217 e. The zero-order chi connectivity index (χ0) is 11.3. The molecule has 0 bridgehead atoms. The monoisotopic (exact) mass is 296 g/mol. The van der Waals surface area contributed by atoms with Gasteiger partial charge in [-0.2, -0.15) is 9.61 Å². The summed E-state index contributed by atoms with van der Waals surface area (Å²) in [5.41, 5.74) is 2.66. The molecule has 3 aromatic rings. The summed E-state index contributed by atoms with van der Waals surface area (Å²) < 4.78 is 2.44. The van der Waals surface area contributed by atoms with Gasteiger partial charge in [-0.05, 0) is 52.2 Å². The van der Waals surface area contributed by atoms with Gasteiger partial charge in [-0.1, -0.05) is 0 Å². The van der Waals surface area contributed by atoms with Gasteiger partial charge < -0.3 is 0 Å². The molecule has 0 radical (unpaired) electrons. The third kappa shape index (κ3) is 1.32. The lowest BCUT2D eigenvalue weighted by Crippen LogP contribution is -1.95. The van der Waals surface area contributed by atoms with Crippen molar-refractivity contribution in [3.8, 4) is 0 Å². The van der Waals surface area contributed by atoms with E-state index >= 15 is 0 Å². The van der Waals surface area contributed by atoms with Crippen LogP contribution >= 0.6 is 27.5 Å². The molecule has 0 unspecified atom stereocenters. The maximum absolute atomic E-state index is 6.02. The second-order valence-corrected chi connectivity index (χ2v) is 4.71. The van der Waals surface area contributed by atoms with E-state index < -0.39 is 0 Å². The number of fused-ring (bicyclic) bond motifs is 3. The average Bonchev–Trinajstić information content (AvgIpc) is 2.69. The molecule has 3 rings (SSSR count). The van der Waals surface area contributed by atoms with Crippen molar-refractivity contribution in [2.24, 2.45) is 0 Å². The lowest BCUT2D eigenvalue weighted by atomic mass is 10.2. The first-order chi connectivity index (χ1) is 7.66. The highest BCUT2D eigenvalue weighted by atomic mass is 79.9. The number of benzene rings is 1. The Morgan fingerprint density at radius 1 is 1.38 bits per heavy atom. The molecule has 4 nitrogen and oxygen atoms in total. The first kappa shape index (κ1) is 9.99. The number of hydrogen-bond acceptors (Lipinski definition) is 3. The van der Waals surface area contributed by atoms with Crippen LogP contribution in [0.2, 0.25) is 5.28 Å². The van der Waals surface area contributed by atoms with Crippen molar-refractivity contribution in [1.82, 2.24) is 19.6 Å². The van der Waals surface area contributed by atoms with Gasteiger partial charge in [-0.3, -0.25) is 0 Å². The topological polar surface area (TPSA) is 43.1 Å². The van der Waals surface area contributed by atoms with E-state index in [4.69, 9.17) is 11.6 Å². The van der Waals surface area contributed by atoms with Crippen molar-refractivity contribution in [1.29, 1.82) is 0 Å². The van der Waals surface area contributed by atoms with Gasteiger partial charge in [0.2, 0.25) is 5.28 Å². The molecule has 0 atom stereocenters. The maximum Gasteiger partial charge on any atom is 0.226 e. The summed E-state index contributed by atoms with van der Waals surface area (Å²) in [7, 11) is 0. The lowest BCUT2D eigenvalue weighted by molar-refractivity contribution is 0.934. The minimum atomic E-state index is 0.310. The fraction of sp³-hybridized carbons (Fsp3) is 0.100. The van der Waals surface area contributed by atoms with Crippen LogP contribution in [0.4, 0.5) is 0 Å². The molecule has 16 heavy (non-hydrogen) atoms. The maximum atomic E-state index is 6.02. The highest BCUT2D eigenvalue weighted by molar-refractivity contribution is 9.10. The van der Waals surface area contributed by atoms with E-state index in [0.717, 1.165) is 26.6 Å². The third-order valence-electron chi connectivity index (χ3n) is 2.38. The number of halogens is 2. The number of nitrogens with zero attached hydrogens (tertiary/aromatic N) is 4. The molecular weight excluding hydrogens is 291 g/mol. The molecule has 1 aromatic carbocycles. The molecule has 0 amide bonds. The number of rotatable bonds is 0. The third-order valence-corrected chi connectivity index (χ3v) is 3.22. The van der Waals surface area contributed by atoms with Gasteiger partial charge in [0.05, 0.1) is 5.52 Å². The highest BCUT2D eigenvalue weighted by Crippen LogP contribution is 2.27. The fourth-order valence-electron chi connectivity index (χ4n) is 1.72. The Balaban J connectivity index is 2.64. The van der Waals surface area contributed by atoms with Crippen LogP contribution < -0.4 is 0 Å². The molecule has 0 fully saturated rings. The Labute approximate surface area is 104 Å². The second kappa shape index (κ2) is 3.40. The summed E-state index contributed by atoms with van der Waals surface area (Å²) in [5.74, 6) is 0. The van der Waals surface area contributed by atoms with Crippen LogP contribution in [0.15, 0.2) is 22.9 Å². The molecule has 6 heteroatoms. The van der Waals surface area contributed by atoms with E-state index in [2.05, 4.69) is 31.0 Å². The Bertz CT molecular complexity index is 707. The normalized spacial score (nSPS) is 11.4. The molecule has 0 saturated carbocycles. The first-order valence-corrected chi connectivity index (χ1v) is 5.79. The lowest BCUT2D eigenvalue weighted by Gasteiger charge is -2.04. The van der Waals surface area contributed by atoms with Gasteiger partial charge in [0, 0.05) is 9.86 Å². The molecule has 0 N–H and O–H groups in total. The van der Waals surface area contributed by atoms with Crippen molar-refractivity contribution >= 4 is 44.1 Å². The smallest absolute Gasteiger partial charge is 0.217 e. The molecule has 0 aliphatic heterocycles. The van der Waals surface area contributed by atoms with Crippen molar-refractivity contribution in [3.05, 3.63) is 33.8 Å². The number of hydrogen-bond donors (Lipinski definition) is 0. The van der Waals surface area contributed by atoms with E-state index in [1.54, 1.807) is 0 Å². The molecule has 2 heterocycles. The van der Waals surface area contributed by atoms with Gasteiger partial charge in [-0.25, -0.2) is 9.97 Å². The molecule has 0 aliphatic carbocycles. The molecule has 0 spiro atoms. The van der Waals surface area contributed by atoms with Crippen LogP contribution in [-0.2, 0) is 0 Å². The summed E-state index contributed by atoms with van der Waals surface area (Å²) in [5, 5.41) is 5.27. The molecule has 0 saturated heterocycles. The summed E-state index contributed by atoms with van der Waals surface area (Å²) >= 11 is 9.49. The van der Waals surface area contributed by atoms with Gasteiger partial charge in [-0.15, -0.1) is 0 Å². The zero-order valence-corrected chi connectivity index (χ0v) is 10.6. The summed E-state index contributed by atoms with van der Waals surface area (Å²) in [6, 6.07) is 4.02. The predicted molar refractivity (Wildman–Crippen MR) is 65.7 cm³/mol. The predicted octanol–water partition coefficient (Wildman–Crippen LogP) is 3.00. The van der Waals surface area contributed by atoms with Crippen molar-refractivity contribution in [2.45, 2.75) is 6.92 Å². The SMILES string of the molecule is Cc1cc(Br)c2nc(Cl)n3ncnc3c2c1. The Kier molecular flexibility index (Phi) is 2.12. The van der Waals surface area contributed by atoms with Gasteiger partial charge in [0.25, 0.3) is 0 Å². The van der Waals surface area contributed by atoms with E-state index in [-0.39, 0.29) is 0 Å². The van der Waals surface area contributed by atoms with Gasteiger partial charge in [0.15, 0.2) is 5.65 Å². The van der Waals surface area contributed by atoms with Crippen molar-refractivity contribution < 1.29 is 0 Å². The van der Waals surface area contributed by atoms with E-state index in [9.17, 15) is 0 Å². The largest absolute Gasteiger partial charge is 0.226 e. The quantitative estimate of drug-likeness (QED) is 0.599. The average molecular weight is 298 g/mol. The standard InChI is InChI=1S/C10H6BrClN4/c1-5-2-6-8(7(11)3-5)15-10(12)16-9(6)13-4-14-16/h2-4H,1H3. The summed E-state index contributed by atoms with van der Waals surface area (Å²) in [6.45, 7) is 2.02. The van der Waals surface area contributed by atoms with Crippen LogP contribution in [-0.4, -0.2) is 19.6 Å². The molecule has 80 valence electrons. The first-order valence-electron chi connectivity index (χ1n) is 4.62. The van der Waals surface area contributed by atoms with Crippen LogP contribution in [0.5, 0.6) is 0 Å². The fourth-order valence-corrected chi connectivity index (χ4v) is 2.59. The number of aromatic nitrogens is 4. The van der Waals surface area contributed by atoms with Crippen LogP contribution in [0, 0.1) is 6.92 Å². The van der Waals surface area contributed by atoms with Gasteiger partial charge in [0.1, 0.15) is 6.33 Å². The van der Waals surface area contributed by atoms with Crippen LogP contribution in [0.25, 0.3) is 16.6 Å². The van der Waals surface area contributed by atoms with E-state index in [1.807, 2.05) is 19.1 Å². The van der Waals surface area contributed by atoms with Gasteiger partial charge >= 0.3 is 0 Å². The van der Waals surface area contributed by atoms with Crippen LogP contribution in [0.3, 0.4) is 0 Å². The van der Waals surface area contributed by atoms with E-state index in [0.29, 0.717) is 5.28 Å². The van der Waals surface area contributed by atoms with E-state index in [1.165, 1.54) is 10.8 Å². The Hall–Kier alpha value is -1.20. The Morgan fingerprint density at radius 3 is 3.00 bits per heavy atom. The molecular formula is C10H6BrClN4. The van der Waals surface area contributed by atoms with Crippen molar-refractivity contribution in [3.63, 3.8) is 0 Å². The summed E-state index contributed by atoms with van der Waals surface area (Å²) in [4.78, 5) is 8.49. The zero-order valence-electron chi connectivity index (χ0n) is 8.28.